The molecule has 2 rings (SSSR count). The number of hydrogen-bond donors (Lipinski definition) is 2. The van der Waals surface area contributed by atoms with Gasteiger partial charge in [0.1, 0.15) is 5.82 Å². The van der Waals surface area contributed by atoms with Gasteiger partial charge in [-0.3, -0.25) is 4.79 Å². The van der Waals surface area contributed by atoms with Crippen molar-refractivity contribution in [3.8, 4) is 0 Å². The second-order valence-corrected chi connectivity index (χ2v) is 6.75. The number of rotatable bonds is 4. The molecule has 0 saturated heterocycles. The lowest BCUT2D eigenvalue weighted by Gasteiger charge is -2.12. The summed E-state index contributed by atoms with van der Waals surface area (Å²) in [6.07, 6.45) is 0. The Morgan fingerprint density at radius 1 is 1.10 bits per heavy atom. The van der Waals surface area contributed by atoms with Crippen LogP contribution in [0, 0.1) is 5.82 Å². The molecule has 0 radical (unpaired) electrons. The second kappa shape index (κ2) is 7.38. The van der Waals surface area contributed by atoms with Crippen molar-refractivity contribution >= 4 is 65.1 Å². The summed E-state index contributed by atoms with van der Waals surface area (Å²) in [5.41, 5.74) is 0.917. The molecule has 0 aliphatic carbocycles. The third-order valence-corrected chi connectivity index (χ3v) is 4.29. The molecule has 0 atom stereocenters. The molecule has 0 aliphatic rings. The summed E-state index contributed by atoms with van der Waals surface area (Å²) in [7, 11) is 0. The van der Waals surface area contributed by atoms with Crippen LogP contribution in [0.5, 0.6) is 0 Å². The smallest absolute Gasteiger partial charge is 0.243 e. The van der Waals surface area contributed by atoms with Crippen LogP contribution < -0.4 is 10.6 Å². The van der Waals surface area contributed by atoms with Gasteiger partial charge in [-0.2, -0.15) is 0 Å². The Bertz CT molecular complexity index is 656. The van der Waals surface area contributed by atoms with Crippen LogP contribution in [0.2, 0.25) is 0 Å². The van der Waals surface area contributed by atoms with Gasteiger partial charge in [0, 0.05) is 13.4 Å². The Labute approximate surface area is 146 Å². The zero-order valence-electron chi connectivity index (χ0n) is 10.6. The molecule has 21 heavy (non-hydrogen) atoms. The van der Waals surface area contributed by atoms with Gasteiger partial charge >= 0.3 is 0 Å². The normalized spacial score (nSPS) is 10.3. The predicted molar refractivity (Wildman–Crippen MR) is 93.1 cm³/mol. The number of amides is 1. The number of carbonyl (C=O) groups is 1. The van der Waals surface area contributed by atoms with Gasteiger partial charge in [-0.15, -0.1) is 0 Å². The zero-order valence-corrected chi connectivity index (χ0v) is 15.3. The van der Waals surface area contributed by atoms with E-state index < -0.39 is 5.82 Å². The first-order valence-electron chi connectivity index (χ1n) is 5.90. The molecule has 0 aliphatic heterocycles. The fraction of sp³-hybridized carbons (Fsp3) is 0.0714. The summed E-state index contributed by atoms with van der Waals surface area (Å²) in [4.78, 5) is 11.8. The van der Waals surface area contributed by atoms with Crippen molar-refractivity contribution in [1.82, 2.24) is 0 Å². The van der Waals surface area contributed by atoms with Crippen LogP contribution in [0.25, 0.3) is 0 Å². The monoisotopic (exact) mass is 478 g/mol. The molecule has 0 heterocycles. The highest BCUT2D eigenvalue weighted by Gasteiger charge is 2.10. The molecule has 0 fully saturated rings. The van der Waals surface area contributed by atoms with E-state index >= 15 is 0 Å². The summed E-state index contributed by atoms with van der Waals surface area (Å²) >= 11 is 10.2. The summed E-state index contributed by atoms with van der Waals surface area (Å²) in [6, 6.07) is 9.76. The van der Waals surface area contributed by atoms with Crippen LogP contribution >= 0.6 is 47.8 Å². The van der Waals surface area contributed by atoms with E-state index in [0.29, 0.717) is 0 Å². The van der Waals surface area contributed by atoms with E-state index in [1.54, 1.807) is 12.1 Å². The molecule has 0 aromatic heterocycles. The predicted octanol–water partition coefficient (Wildman–Crippen LogP) is 5.16. The Balaban J connectivity index is 2.01. The molecule has 3 nitrogen and oxygen atoms in total. The second-order valence-electron chi connectivity index (χ2n) is 4.13. The topological polar surface area (TPSA) is 41.1 Å². The fourth-order valence-corrected chi connectivity index (χ4v) is 4.18. The number of nitrogens with one attached hydrogen (secondary N) is 2. The Hall–Kier alpha value is -0.920. The molecule has 0 saturated carbocycles. The van der Waals surface area contributed by atoms with Crippen LogP contribution in [-0.4, -0.2) is 12.5 Å². The molecule has 0 unspecified atom stereocenters. The fourth-order valence-electron chi connectivity index (χ4n) is 1.64. The van der Waals surface area contributed by atoms with Crippen molar-refractivity contribution in [3.05, 3.63) is 55.6 Å². The van der Waals surface area contributed by atoms with Gasteiger partial charge in [0.15, 0.2) is 0 Å². The molecular weight excluding hydrogens is 471 g/mol. The van der Waals surface area contributed by atoms with E-state index in [-0.39, 0.29) is 18.1 Å². The van der Waals surface area contributed by atoms with E-state index in [2.05, 4.69) is 58.4 Å². The van der Waals surface area contributed by atoms with Crippen molar-refractivity contribution in [2.75, 3.05) is 17.2 Å². The highest BCUT2D eigenvalue weighted by molar-refractivity contribution is 9.11. The maximum absolute atomic E-state index is 13.4. The SMILES string of the molecule is O=C(CNc1c(Br)cc(Br)cc1Br)Nc1ccccc1F. The molecule has 0 spiro atoms. The third-order valence-electron chi connectivity index (χ3n) is 2.58. The van der Waals surface area contributed by atoms with E-state index in [1.807, 2.05) is 12.1 Å². The zero-order chi connectivity index (χ0) is 15.4. The molecule has 7 heteroatoms. The Kier molecular flexibility index (Phi) is 5.78. The maximum atomic E-state index is 13.4. The number of para-hydroxylation sites is 1. The van der Waals surface area contributed by atoms with Crippen LogP contribution in [0.15, 0.2) is 49.8 Å². The quantitative estimate of drug-likeness (QED) is 0.634. The number of carbonyl (C=O) groups excluding carboxylic acids is 1. The minimum absolute atomic E-state index is 0.0210. The number of anilines is 2. The maximum Gasteiger partial charge on any atom is 0.243 e. The van der Waals surface area contributed by atoms with Gasteiger partial charge in [-0.25, -0.2) is 4.39 Å². The van der Waals surface area contributed by atoms with Gasteiger partial charge in [0.05, 0.1) is 17.9 Å². The molecule has 0 bridgehead atoms. The lowest BCUT2D eigenvalue weighted by atomic mass is 10.3. The van der Waals surface area contributed by atoms with Crippen LogP contribution in [0.3, 0.4) is 0 Å². The standard InChI is InChI=1S/C14H10Br3FN2O/c15-8-5-9(16)14(10(17)6-8)19-7-13(21)20-12-4-2-1-3-11(12)18/h1-6,19H,7H2,(H,20,21). The Morgan fingerprint density at radius 3 is 2.33 bits per heavy atom. The lowest BCUT2D eigenvalue weighted by Crippen LogP contribution is -2.22. The van der Waals surface area contributed by atoms with Gasteiger partial charge < -0.3 is 10.6 Å². The van der Waals surface area contributed by atoms with Crippen molar-refractivity contribution in [2.45, 2.75) is 0 Å². The molecule has 2 N–H and O–H groups in total. The van der Waals surface area contributed by atoms with Gasteiger partial charge in [-0.1, -0.05) is 28.1 Å². The first-order valence-corrected chi connectivity index (χ1v) is 8.28. The van der Waals surface area contributed by atoms with Crippen LogP contribution in [0.4, 0.5) is 15.8 Å². The highest BCUT2D eigenvalue weighted by Crippen LogP contribution is 2.34. The molecular formula is C14H10Br3FN2O. The first kappa shape index (κ1) is 16.5. The van der Waals surface area contributed by atoms with E-state index in [4.69, 9.17) is 0 Å². The molecule has 110 valence electrons. The van der Waals surface area contributed by atoms with Gasteiger partial charge in [-0.05, 0) is 56.1 Å². The number of hydrogen-bond acceptors (Lipinski definition) is 2. The van der Waals surface area contributed by atoms with Crippen molar-refractivity contribution < 1.29 is 9.18 Å². The van der Waals surface area contributed by atoms with E-state index in [9.17, 15) is 9.18 Å². The van der Waals surface area contributed by atoms with Crippen molar-refractivity contribution in [1.29, 1.82) is 0 Å². The summed E-state index contributed by atoms with van der Waals surface area (Å²) in [5, 5.41) is 5.51. The Morgan fingerprint density at radius 2 is 1.71 bits per heavy atom. The van der Waals surface area contributed by atoms with E-state index in [1.165, 1.54) is 12.1 Å². The van der Waals surface area contributed by atoms with Gasteiger partial charge in [0.2, 0.25) is 5.91 Å². The largest absolute Gasteiger partial charge is 0.374 e. The first-order chi connectivity index (χ1) is 9.97. The van der Waals surface area contributed by atoms with Gasteiger partial charge in [0.25, 0.3) is 0 Å². The molecule has 2 aromatic carbocycles. The molecule has 2 aromatic rings. The third kappa shape index (κ3) is 4.52. The van der Waals surface area contributed by atoms with E-state index in [0.717, 1.165) is 19.1 Å². The lowest BCUT2D eigenvalue weighted by molar-refractivity contribution is -0.114. The highest BCUT2D eigenvalue weighted by atomic mass is 79.9. The van der Waals surface area contributed by atoms with Crippen molar-refractivity contribution in [3.63, 3.8) is 0 Å². The minimum Gasteiger partial charge on any atom is -0.374 e. The van der Waals surface area contributed by atoms with Crippen molar-refractivity contribution in [2.24, 2.45) is 0 Å². The number of benzene rings is 2. The summed E-state index contributed by atoms with van der Waals surface area (Å²) in [5.74, 6) is -0.793. The van der Waals surface area contributed by atoms with Crippen LogP contribution in [-0.2, 0) is 4.79 Å². The summed E-state index contributed by atoms with van der Waals surface area (Å²) in [6.45, 7) is 0.0210. The summed E-state index contributed by atoms with van der Waals surface area (Å²) < 4.78 is 16.0. The average Bonchev–Trinajstić information content (AvgIpc) is 2.40. The number of halogens is 4. The van der Waals surface area contributed by atoms with Crippen LogP contribution in [0.1, 0.15) is 0 Å². The average molecular weight is 481 g/mol. The minimum atomic E-state index is -0.461. The molecule has 1 amide bonds.